The van der Waals surface area contributed by atoms with Gasteiger partial charge in [0.05, 0.1) is 11.5 Å². The molecule has 1 saturated heterocycles. The fraction of sp³-hybridized carbons (Fsp3) is 0.286. The zero-order valence-corrected chi connectivity index (χ0v) is 15.0. The number of nitrogens with zero attached hydrogens (tertiary/aromatic N) is 1. The molecule has 6 nitrogen and oxygen atoms in total. The first-order valence-corrected chi connectivity index (χ1v) is 8.94. The third kappa shape index (κ3) is 3.24. The second kappa shape index (κ2) is 6.96. The summed E-state index contributed by atoms with van der Waals surface area (Å²) in [6.45, 7) is 1.88. The lowest BCUT2D eigenvalue weighted by molar-refractivity contribution is 0.0819. The fourth-order valence-electron chi connectivity index (χ4n) is 3.52. The third-order valence-corrected chi connectivity index (χ3v) is 5.14. The summed E-state index contributed by atoms with van der Waals surface area (Å²) in [5.41, 5.74) is 1.56. The van der Waals surface area contributed by atoms with E-state index in [0.717, 1.165) is 37.2 Å². The minimum absolute atomic E-state index is 0.0109. The molecule has 0 unspecified atom stereocenters. The second-order valence-electron chi connectivity index (χ2n) is 6.75. The van der Waals surface area contributed by atoms with Crippen LogP contribution in [0.15, 0.2) is 51.7 Å². The predicted molar refractivity (Wildman–Crippen MR) is 103 cm³/mol. The van der Waals surface area contributed by atoms with Gasteiger partial charge in [0.1, 0.15) is 5.76 Å². The smallest absolute Gasteiger partial charge is 0.201 e. The molecule has 2 N–H and O–H groups in total. The van der Waals surface area contributed by atoms with E-state index in [1.165, 1.54) is 18.2 Å². The molecular formula is C21H21NO5. The quantitative estimate of drug-likeness (QED) is 0.690. The number of rotatable bonds is 3. The van der Waals surface area contributed by atoms with Crippen LogP contribution in [-0.4, -0.2) is 36.5 Å². The van der Waals surface area contributed by atoms with E-state index in [2.05, 4.69) is 4.90 Å². The fourth-order valence-corrected chi connectivity index (χ4v) is 3.52. The molecule has 0 aliphatic carbocycles. The van der Waals surface area contributed by atoms with Crippen molar-refractivity contribution in [1.29, 1.82) is 0 Å². The van der Waals surface area contributed by atoms with Crippen molar-refractivity contribution >= 4 is 16.7 Å². The van der Waals surface area contributed by atoms with E-state index in [0.29, 0.717) is 11.9 Å². The van der Waals surface area contributed by atoms with Crippen LogP contribution in [0.1, 0.15) is 12.8 Å². The van der Waals surface area contributed by atoms with Gasteiger partial charge in [0.2, 0.25) is 5.75 Å². The molecule has 4 rings (SSSR count). The van der Waals surface area contributed by atoms with Crippen molar-refractivity contribution in [3.63, 3.8) is 0 Å². The number of hydrogen-bond donors (Lipinski definition) is 2. The van der Waals surface area contributed by atoms with Gasteiger partial charge in [0.25, 0.3) is 0 Å². The average Bonchev–Trinajstić information content (AvgIpc) is 2.71. The molecule has 1 aliphatic heterocycles. The molecule has 0 amide bonds. The summed E-state index contributed by atoms with van der Waals surface area (Å²) in [6, 6.07) is 11.9. The van der Waals surface area contributed by atoms with Gasteiger partial charge in [-0.15, -0.1) is 0 Å². The Kier molecular flexibility index (Phi) is 4.49. The predicted octanol–water partition coefficient (Wildman–Crippen LogP) is 3.49. The lowest BCUT2D eigenvalue weighted by Crippen LogP contribution is -2.36. The first kappa shape index (κ1) is 17.4. The van der Waals surface area contributed by atoms with E-state index in [4.69, 9.17) is 9.15 Å². The first-order valence-electron chi connectivity index (χ1n) is 8.94. The highest BCUT2D eigenvalue weighted by Crippen LogP contribution is 2.34. The maximum absolute atomic E-state index is 12.3. The van der Waals surface area contributed by atoms with Gasteiger partial charge in [0.15, 0.2) is 16.8 Å². The van der Waals surface area contributed by atoms with Gasteiger partial charge >= 0.3 is 0 Å². The van der Waals surface area contributed by atoms with Crippen molar-refractivity contribution in [2.75, 3.05) is 25.1 Å². The van der Waals surface area contributed by atoms with Gasteiger partial charge < -0.3 is 24.3 Å². The van der Waals surface area contributed by atoms with E-state index in [1.54, 1.807) is 7.11 Å². The highest BCUT2D eigenvalue weighted by molar-refractivity contribution is 5.86. The van der Waals surface area contributed by atoms with E-state index in [-0.39, 0.29) is 22.1 Å². The molecule has 0 radical (unpaired) electrons. The Bertz CT molecular complexity index is 1020. The van der Waals surface area contributed by atoms with Crippen LogP contribution in [0.25, 0.3) is 22.3 Å². The normalized spacial score (nSPS) is 15.4. The Morgan fingerprint density at radius 2 is 1.78 bits per heavy atom. The first-order chi connectivity index (χ1) is 13.1. The van der Waals surface area contributed by atoms with E-state index < -0.39 is 5.75 Å². The van der Waals surface area contributed by atoms with Gasteiger partial charge in [-0.3, -0.25) is 4.79 Å². The van der Waals surface area contributed by atoms with Gasteiger partial charge in [-0.1, -0.05) is 0 Å². The molecule has 2 heterocycles. The molecule has 0 spiro atoms. The van der Waals surface area contributed by atoms with Gasteiger partial charge in [-0.25, -0.2) is 0 Å². The number of phenolic OH excluding ortho intramolecular Hbond substituents is 2. The molecule has 3 aromatic rings. The van der Waals surface area contributed by atoms with Crippen molar-refractivity contribution in [2.24, 2.45) is 0 Å². The summed E-state index contributed by atoms with van der Waals surface area (Å²) in [5, 5.41) is 19.9. The van der Waals surface area contributed by atoms with Gasteiger partial charge in [-0.05, 0) is 49.2 Å². The SMILES string of the molecule is COC1CCN(c2ccc(-c3cc(=O)c4ccc(O)c(O)c4o3)cc2)CC1. The van der Waals surface area contributed by atoms with E-state index >= 15 is 0 Å². The Labute approximate surface area is 156 Å². The summed E-state index contributed by atoms with van der Waals surface area (Å²) in [7, 11) is 1.75. The van der Waals surface area contributed by atoms with Gasteiger partial charge in [0, 0.05) is 37.5 Å². The van der Waals surface area contributed by atoms with Crippen molar-refractivity contribution < 1.29 is 19.4 Å². The van der Waals surface area contributed by atoms with Crippen LogP contribution in [0.2, 0.25) is 0 Å². The van der Waals surface area contributed by atoms with Crippen molar-refractivity contribution in [3.05, 3.63) is 52.7 Å². The molecule has 0 bridgehead atoms. The van der Waals surface area contributed by atoms with E-state index in [9.17, 15) is 15.0 Å². The highest BCUT2D eigenvalue weighted by atomic mass is 16.5. The molecule has 1 aromatic heterocycles. The van der Waals surface area contributed by atoms with Crippen LogP contribution < -0.4 is 10.3 Å². The number of fused-ring (bicyclic) bond motifs is 1. The molecule has 0 atom stereocenters. The molecule has 2 aromatic carbocycles. The lowest BCUT2D eigenvalue weighted by atomic mass is 10.1. The highest BCUT2D eigenvalue weighted by Gasteiger charge is 2.19. The minimum Gasteiger partial charge on any atom is -0.504 e. The maximum atomic E-state index is 12.3. The summed E-state index contributed by atoms with van der Waals surface area (Å²) in [4.78, 5) is 14.6. The Hall–Kier alpha value is -2.99. The monoisotopic (exact) mass is 367 g/mol. The Morgan fingerprint density at radius 1 is 1.07 bits per heavy atom. The van der Waals surface area contributed by atoms with Crippen molar-refractivity contribution in [1.82, 2.24) is 0 Å². The standard InChI is InChI=1S/C21H21NO5/c1-26-15-8-10-22(11-9-15)14-4-2-13(3-5-14)19-12-18(24)16-6-7-17(23)20(25)21(16)27-19/h2-7,12,15,23,25H,8-11H2,1H3. The van der Waals surface area contributed by atoms with Crippen LogP contribution in [0.3, 0.4) is 0 Å². The topological polar surface area (TPSA) is 83.1 Å². The molecule has 140 valence electrons. The molecule has 6 heteroatoms. The van der Waals surface area contributed by atoms with Gasteiger partial charge in [-0.2, -0.15) is 0 Å². The number of piperidine rings is 1. The molecule has 1 aliphatic rings. The lowest BCUT2D eigenvalue weighted by Gasteiger charge is -2.33. The number of phenols is 2. The average molecular weight is 367 g/mol. The zero-order chi connectivity index (χ0) is 19.0. The van der Waals surface area contributed by atoms with Crippen LogP contribution >= 0.6 is 0 Å². The van der Waals surface area contributed by atoms with Crippen LogP contribution in [0.4, 0.5) is 5.69 Å². The van der Waals surface area contributed by atoms with Crippen molar-refractivity contribution in [3.8, 4) is 22.8 Å². The molecule has 0 saturated carbocycles. The number of benzene rings is 2. The number of ether oxygens (including phenoxy) is 1. The third-order valence-electron chi connectivity index (χ3n) is 5.14. The van der Waals surface area contributed by atoms with Crippen LogP contribution in [0.5, 0.6) is 11.5 Å². The van der Waals surface area contributed by atoms with E-state index in [1.807, 2.05) is 24.3 Å². The Balaban J connectivity index is 1.64. The second-order valence-corrected chi connectivity index (χ2v) is 6.75. The zero-order valence-electron chi connectivity index (χ0n) is 15.0. The number of methoxy groups -OCH3 is 1. The molecular weight excluding hydrogens is 346 g/mol. The van der Waals surface area contributed by atoms with Crippen LogP contribution in [-0.2, 0) is 4.74 Å². The summed E-state index contributed by atoms with van der Waals surface area (Å²) < 4.78 is 11.1. The maximum Gasteiger partial charge on any atom is 0.201 e. The largest absolute Gasteiger partial charge is 0.504 e. The number of hydrogen-bond acceptors (Lipinski definition) is 6. The number of aromatic hydroxyl groups is 2. The summed E-state index contributed by atoms with van der Waals surface area (Å²) in [5.74, 6) is -0.403. The summed E-state index contributed by atoms with van der Waals surface area (Å²) in [6.07, 6.45) is 2.33. The summed E-state index contributed by atoms with van der Waals surface area (Å²) >= 11 is 0. The Morgan fingerprint density at radius 3 is 2.44 bits per heavy atom. The molecule has 27 heavy (non-hydrogen) atoms. The molecule has 1 fully saturated rings. The number of anilines is 1. The van der Waals surface area contributed by atoms with Crippen molar-refractivity contribution in [2.45, 2.75) is 18.9 Å². The minimum atomic E-state index is -0.427. The van der Waals surface area contributed by atoms with Crippen LogP contribution in [0, 0.1) is 0 Å².